The molecule has 0 saturated heterocycles. The number of aromatic nitrogens is 1. The van der Waals surface area contributed by atoms with E-state index in [4.69, 9.17) is 5.73 Å². The van der Waals surface area contributed by atoms with Crippen molar-refractivity contribution in [3.05, 3.63) is 99.0 Å². The fraction of sp³-hybridized carbons (Fsp3) is 0.208. The van der Waals surface area contributed by atoms with Crippen LogP contribution >= 0.6 is 0 Å². The molecule has 0 fully saturated rings. The highest BCUT2D eigenvalue weighted by Gasteiger charge is 2.25. The van der Waals surface area contributed by atoms with E-state index in [1.807, 2.05) is 18.2 Å². The molecule has 0 unspecified atom stereocenters. The van der Waals surface area contributed by atoms with Gasteiger partial charge in [-0.05, 0) is 60.6 Å². The van der Waals surface area contributed by atoms with Crippen LogP contribution in [0, 0.1) is 6.92 Å². The standard InChI is InChI=1S/C24H23N3O3/c1-15-13-14-27(19-12-6-10-16-9-5-11-18(16)19)24(30)20(15)23(29)26-21(22(25)28)17-7-3-2-4-8-17/h2-4,6-8,10,12-14,21H,5,9,11H2,1H3,(H2,25,28)(H,26,29)/t21-/m0/s1. The average Bonchev–Trinajstić information content (AvgIpc) is 3.22. The van der Waals surface area contributed by atoms with Crippen molar-refractivity contribution in [3.63, 3.8) is 0 Å². The molecule has 2 aromatic carbocycles. The molecule has 4 rings (SSSR count). The fourth-order valence-corrected chi connectivity index (χ4v) is 4.09. The van der Waals surface area contributed by atoms with Crippen molar-refractivity contribution in [1.82, 2.24) is 9.88 Å². The van der Waals surface area contributed by atoms with E-state index in [0.717, 1.165) is 30.5 Å². The minimum absolute atomic E-state index is 0.00952. The molecule has 152 valence electrons. The summed E-state index contributed by atoms with van der Waals surface area (Å²) in [6.07, 6.45) is 4.66. The number of rotatable bonds is 5. The van der Waals surface area contributed by atoms with Crippen LogP contribution in [0.3, 0.4) is 0 Å². The van der Waals surface area contributed by atoms with E-state index < -0.39 is 23.4 Å². The second-order valence-electron chi connectivity index (χ2n) is 7.54. The Morgan fingerprint density at radius 1 is 1.03 bits per heavy atom. The average molecular weight is 401 g/mol. The Balaban J connectivity index is 1.74. The molecule has 3 aromatic rings. The minimum atomic E-state index is -1.02. The highest BCUT2D eigenvalue weighted by atomic mass is 16.2. The van der Waals surface area contributed by atoms with E-state index in [-0.39, 0.29) is 5.56 Å². The molecule has 2 amide bonds. The lowest BCUT2D eigenvalue weighted by atomic mass is 10.0. The highest BCUT2D eigenvalue weighted by Crippen LogP contribution is 2.27. The number of fused-ring (bicyclic) bond motifs is 1. The topological polar surface area (TPSA) is 94.2 Å². The molecule has 1 aromatic heterocycles. The van der Waals surface area contributed by atoms with Crippen LogP contribution in [0.4, 0.5) is 0 Å². The molecule has 1 aliphatic carbocycles. The number of amides is 2. The summed E-state index contributed by atoms with van der Waals surface area (Å²) in [5, 5.41) is 2.63. The van der Waals surface area contributed by atoms with Gasteiger partial charge in [0.05, 0.1) is 5.69 Å². The lowest BCUT2D eigenvalue weighted by molar-refractivity contribution is -0.120. The molecular weight excluding hydrogens is 378 g/mol. The zero-order valence-electron chi connectivity index (χ0n) is 16.7. The van der Waals surface area contributed by atoms with Crippen LogP contribution in [0.1, 0.15) is 45.1 Å². The van der Waals surface area contributed by atoms with Gasteiger partial charge >= 0.3 is 0 Å². The number of nitrogens with zero attached hydrogens (tertiary/aromatic N) is 1. The van der Waals surface area contributed by atoms with Crippen molar-refractivity contribution >= 4 is 11.8 Å². The molecule has 0 saturated carbocycles. The van der Waals surface area contributed by atoms with Crippen LogP contribution in [0.15, 0.2) is 65.6 Å². The van der Waals surface area contributed by atoms with Crippen molar-refractivity contribution in [2.24, 2.45) is 5.73 Å². The predicted molar refractivity (Wildman–Crippen MR) is 115 cm³/mol. The molecule has 0 aliphatic heterocycles. The second kappa shape index (κ2) is 7.99. The monoisotopic (exact) mass is 401 g/mol. The van der Waals surface area contributed by atoms with Gasteiger partial charge in [-0.3, -0.25) is 19.0 Å². The summed E-state index contributed by atoms with van der Waals surface area (Å²) in [7, 11) is 0. The van der Waals surface area contributed by atoms with Crippen LogP contribution in [0.5, 0.6) is 0 Å². The summed E-state index contributed by atoms with van der Waals surface area (Å²) in [5.41, 5.74) is 9.41. The molecule has 6 nitrogen and oxygen atoms in total. The third-order valence-corrected chi connectivity index (χ3v) is 5.60. The quantitative estimate of drug-likeness (QED) is 0.688. The third kappa shape index (κ3) is 3.52. The first kappa shape index (κ1) is 19.6. The molecule has 6 heteroatoms. The van der Waals surface area contributed by atoms with Gasteiger partial charge in [-0.1, -0.05) is 42.5 Å². The zero-order valence-corrected chi connectivity index (χ0v) is 16.7. The van der Waals surface area contributed by atoms with Crippen LogP contribution in [-0.2, 0) is 17.6 Å². The van der Waals surface area contributed by atoms with Crippen molar-refractivity contribution in [2.45, 2.75) is 32.2 Å². The normalized spacial score (nSPS) is 13.5. The van der Waals surface area contributed by atoms with Gasteiger partial charge in [-0.15, -0.1) is 0 Å². The molecule has 1 aliphatic rings. The molecule has 30 heavy (non-hydrogen) atoms. The van der Waals surface area contributed by atoms with Gasteiger partial charge in [-0.2, -0.15) is 0 Å². The van der Waals surface area contributed by atoms with Crippen LogP contribution < -0.4 is 16.6 Å². The van der Waals surface area contributed by atoms with Gasteiger partial charge in [0.15, 0.2) is 0 Å². The molecular formula is C24H23N3O3. The smallest absolute Gasteiger partial charge is 0.268 e. The Labute approximate surface area is 174 Å². The summed E-state index contributed by atoms with van der Waals surface area (Å²) in [4.78, 5) is 38.3. The Hall–Kier alpha value is -3.67. The van der Waals surface area contributed by atoms with E-state index in [1.165, 1.54) is 10.1 Å². The maximum atomic E-state index is 13.3. The number of nitrogens with one attached hydrogen (secondary N) is 1. The van der Waals surface area contributed by atoms with Crippen LogP contribution in [0.2, 0.25) is 0 Å². The lowest BCUT2D eigenvalue weighted by Gasteiger charge is -2.18. The molecule has 0 radical (unpaired) electrons. The number of aryl methyl sites for hydroxylation is 2. The second-order valence-corrected chi connectivity index (χ2v) is 7.54. The Morgan fingerprint density at radius 3 is 2.53 bits per heavy atom. The number of carbonyl (C=O) groups is 2. The van der Waals surface area contributed by atoms with Gasteiger partial charge in [0.2, 0.25) is 5.91 Å². The Bertz CT molecular complexity index is 1180. The molecule has 1 heterocycles. The maximum Gasteiger partial charge on any atom is 0.268 e. The van der Waals surface area contributed by atoms with Crippen molar-refractivity contribution < 1.29 is 9.59 Å². The van der Waals surface area contributed by atoms with Gasteiger partial charge in [0.1, 0.15) is 11.6 Å². The van der Waals surface area contributed by atoms with E-state index in [2.05, 4.69) is 11.4 Å². The zero-order chi connectivity index (χ0) is 21.3. The summed E-state index contributed by atoms with van der Waals surface area (Å²) >= 11 is 0. The number of benzene rings is 2. The van der Waals surface area contributed by atoms with Crippen molar-refractivity contribution in [3.8, 4) is 5.69 Å². The van der Waals surface area contributed by atoms with E-state index in [0.29, 0.717) is 11.1 Å². The molecule has 3 N–H and O–H groups in total. The molecule has 1 atom stereocenters. The highest BCUT2D eigenvalue weighted by molar-refractivity contribution is 5.98. The Morgan fingerprint density at radius 2 is 1.80 bits per heavy atom. The van der Waals surface area contributed by atoms with Gasteiger partial charge < -0.3 is 11.1 Å². The fourth-order valence-electron chi connectivity index (χ4n) is 4.09. The number of hydrogen-bond acceptors (Lipinski definition) is 3. The SMILES string of the molecule is Cc1ccn(-c2cccc3c2CCC3)c(=O)c1C(=O)N[C@H](C(N)=O)c1ccccc1. The van der Waals surface area contributed by atoms with E-state index >= 15 is 0 Å². The van der Waals surface area contributed by atoms with Gasteiger partial charge in [0.25, 0.3) is 11.5 Å². The van der Waals surface area contributed by atoms with Crippen molar-refractivity contribution in [2.75, 3.05) is 0 Å². The third-order valence-electron chi connectivity index (χ3n) is 5.60. The van der Waals surface area contributed by atoms with Crippen LogP contribution in [0.25, 0.3) is 5.69 Å². The molecule has 0 bridgehead atoms. The van der Waals surface area contributed by atoms with Gasteiger partial charge in [-0.25, -0.2) is 0 Å². The first-order chi connectivity index (χ1) is 14.5. The number of hydrogen-bond donors (Lipinski definition) is 2. The number of nitrogens with two attached hydrogens (primary N) is 1. The van der Waals surface area contributed by atoms with Crippen LogP contribution in [-0.4, -0.2) is 16.4 Å². The van der Waals surface area contributed by atoms with Gasteiger partial charge in [0, 0.05) is 6.20 Å². The predicted octanol–water partition coefficient (Wildman–Crippen LogP) is 2.59. The number of pyridine rings is 1. The Kier molecular flexibility index (Phi) is 5.23. The lowest BCUT2D eigenvalue weighted by Crippen LogP contribution is -2.40. The summed E-state index contributed by atoms with van der Waals surface area (Å²) in [6, 6.07) is 15.4. The largest absolute Gasteiger partial charge is 0.368 e. The first-order valence-electron chi connectivity index (χ1n) is 9.96. The van der Waals surface area contributed by atoms with E-state index in [1.54, 1.807) is 43.5 Å². The molecule has 0 spiro atoms. The first-order valence-corrected chi connectivity index (χ1v) is 9.96. The minimum Gasteiger partial charge on any atom is -0.368 e. The number of primary amides is 1. The summed E-state index contributed by atoms with van der Waals surface area (Å²) < 4.78 is 1.52. The maximum absolute atomic E-state index is 13.3. The summed E-state index contributed by atoms with van der Waals surface area (Å²) in [5.74, 6) is -1.31. The van der Waals surface area contributed by atoms with Crippen molar-refractivity contribution in [1.29, 1.82) is 0 Å². The summed E-state index contributed by atoms with van der Waals surface area (Å²) in [6.45, 7) is 1.71. The number of carbonyl (C=O) groups excluding carboxylic acids is 2. The van der Waals surface area contributed by atoms with E-state index in [9.17, 15) is 14.4 Å².